The molecule has 1 unspecified atom stereocenters. The Balaban J connectivity index is 1.60. The van der Waals surface area contributed by atoms with E-state index in [-0.39, 0.29) is 5.69 Å². The molecule has 3 aromatic carbocycles. The number of fused-ring (bicyclic) bond motifs is 1. The number of urea groups is 1. The van der Waals surface area contributed by atoms with Crippen molar-refractivity contribution in [1.82, 2.24) is 5.32 Å². The number of anilines is 2. The molecule has 3 aromatic rings. The number of amides is 2. The maximum Gasteiger partial charge on any atom is 0.322 e. The first kappa shape index (κ1) is 17.7. The molecule has 1 heterocycles. The fraction of sp³-hybridized carbons (Fsp3) is 0.0476. The zero-order valence-corrected chi connectivity index (χ0v) is 14.7. The highest BCUT2D eigenvalue weighted by Crippen LogP contribution is 2.23. The van der Waals surface area contributed by atoms with Crippen molar-refractivity contribution in [2.75, 3.05) is 10.8 Å². The lowest BCUT2D eigenvalue weighted by Gasteiger charge is -2.15. The molecule has 1 atom stereocenters. The number of aliphatic imine (C=N–C) groups is 1. The van der Waals surface area contributed by atoms with E-state index in [9.17, 15) is 9.18 Å². The molecule has 0 fully saturated rings. The minimum atomic E-state index is -1.02. The second-order valence-electron chi connectivity index (χ2n) is 6.04. The third-order valence-corrected chi connectivity index (χ3v) is 4.13. The van der Waals surface area contributed by atoms with Gasteiger partial charge < -0.3 is 5.32 Å². The van der Waals surface area contributed by atoms with Gasteiger partial charge in [0.2, 0.25) is 0 Å². The zero-order chi connectivity index (χ0) is 19.3. The number of carbonyl (C=O) groups excluding carboxylic acids is 1. The molecule has 0 spiro atoms. The molecule has 0 bridgehead atoms. The molecule has 0 aliphatic carbocycles. The van der Waals surface area contributed by atoms with E-state index in [1.54, 1.807) is 12.1 Å². The van der Waals surface area contributed by atoms with Crippen molar-refractivity contribution in [3.63, 3.8) is 0 Å². The molecule has 1 aliphatic heterocycles. The average Bonchev–Trinajstić information content (AvgIpc) is 2.90. The van der Waals surface area contributed by atoms with Crippen LogP contribution in [0.2, 0.25) is 0 Å². The van der Waals surface area contributed by atoms with Crippen LogP contribution in [0.1, 0.15) is 11.1 Å². The van der Waals surface area contributed by atoms with Crippen LogP contribution in [0.25, 0.3) is 0 Å². The van der Waals surface area contributed by atoms with E-state index in [0.29, 0.717) is 5.71 Å². The number of hydrogen-bond acceptors (Lipinski definition) is 4. The van der Waals surface area contributed by atoms with Crippen molar-refractivity contribution < 1.29 is 14.0 Å². The Morgan fingerprint density at radius 3 is 2.50 bits per heavy atom. The smallest absolute Gasteiger partial charge is 0.305 e. The summed E-state index contributed by atoms with van der Waals surface area (Å²) in [6.45, 7) is 0. The predicted octanol–water partition coefficient (Wildman–Crippen LogP) is 4.13. The third-order valence-electron chi connectivity index (χ3n) is 4.13. The minimum Gasteiger partial charge on any atom is -0.305 e. The van der Waals surface area contributed by atoms with Crippen LogP contribution >= 0.6 is 0 Å². The van der Waals surface area contributed by atoms with Crippen molar-refractivity contribution >= 4 is 23.1 Å². The largest absolute Gasteiger partial charge is 0.322 e. The minimum absolute atomic E-state index is 0.0668. The van der Waals surface area contributed by atoms with E-state index in [1.165, 1.54) is 12.1 Å². The number of halogens is 1. The van der Waals surface area contributed by atoms with Crippen LogP contribution in [-0.4, -0.2) is 18.1 Å². The zero-order valence-electron chi connectivity index (χ0n) is 14.7. The lowest BCUT2D eigenvalue weighted by molar-refractivity contribution is 0.0896. The van der Waals surface area contributed by atoms with Gasteiger partial charge in [0.15, 0.2) is 0 Å². The Morgan fingerprint density at radius 1 is 0.964 bits per heavy atom. The molecule has 1 aliphatic rings. The lowest BCUT2D eigenvalue weighted by atomic mass is 10.0. The van der Waals surface area contributed by atoms with Crippen LogP contribution in [0.15, 0.2) is 83.9 Å². The SMILES string of the molecule is O=C(Nc1ccccc1F)NC1N=C(c2ccccc2)c2ccccc2NO1. The summed E-state index contributed by atoms with van der Waals surface area (Å²) in [6.07, 6.45) is -1.02. The van der Waals surface area contributed by atoms with E-state index in [1.807, 2.05) is 54.6 Å². The highest BCUT2D eigenvalue weighted by atomic mass is 19.1. The highest BCUT2D eigenvalue weighted by Gasteiger charge is 2.21. The standard InChI is InChI=1S/C21H17FN4O2/c22-16-11-5-7-13-18(16)23-20(27)25-21-24-19(14-8-2-1-3-9-14)15-10-4-6-12-17(15)26-28-21/h1-13,21,26H,(H2,23,25,27). The summed E-state index contributed by atoms with van der Waals surface area (Å²) in [7, 11) is 0. The molecule has 140 valence electrons. The molecule has 3 N–H and O–H groups in total. The van der Waals surface area contributed by atoms with Gasteiger partial charge in [-0.2, -0.15) is 0 Å². The Bertz CT molecular complexity index is 1020. The molecule has 4 rings (SSSR count). The summed E-state index contributed by atoms with van der Waals surface area (Å²) < 4.78 is 13.7. The van der Waals surface area contributed by atoms with Gasteiger partial charge in [0.25, 0.3) is 6.35 Å². The fourth-order valence-electron chi connectivity index (χ4n) is 2.83. The monoisotopic (exact) mass is 376 g/mol. The number of nitrogens with zero attached hydrogens (tertiary/aromatic N) is 1. The van der Waals surface area contributed by atoms with Crippen LogP contribution in [0.4, 0.5) is 20.6 Å². The van der Waals surface area contributed by atoms with E-state index in [4.69, 9.17) is 4.84 Å². The van der Waals surface area contributed by atoms with Crippen molar-refractivity contribution in [2.24, 2.45) is 4.99 Å². The summed E-state index contributed by atoms with van der Waals surface area (Å²) >= 11 is 0. The van der Waals surface area contributed by atoms with Gasteiger partial charge in [0, 0.05) is 11.1 Å². The Labute approximate surface area is 161 Å². The van der Waals surface area contributed by atoms with Gasteiger partial charge in [0.05, 0.1) is 17.1 Å². The van der Waals surface area contributed by atoms with Gasteiger partial charge in [0.1, 0.15) is 5.82 Å². The second kappa shape index (κ2) is 7.89. The maximum atomic E-state index is 13.7. The van der Waals surface area contributed by atoms with E-state index in [2.05, 4.69) is 21.1 Å². The number of benzene rings is 3. The van der Waals surface area contributed by atoms with Crippen LogP contribution in [0, 0.1) is 5.82 Å². The van der Waals surface area contributed by atoms with Gasteiger partial charge in [-0.15, -0.1) is 0 Å². The normalized spacial score (nSPS) is 15.5. The molecule has 6 nitrogen and oxygen atoms in total. The van der Waals surface area contributed by atoms with Gasteiger partial charge in [-0.1, -0.05) is 60.7 Å². The molecular formula is C21H17FN4O2. The van der Waals surface area contributed by atoms with Crippen LogP contribution in [-0.2, 0) is 4.84 Å². The summed E-state index contributed by atoms with van der Waals surface area (Å²) in [5.74, 6) is -0.529. The van der Waals surface area contributed by atoms with Gasteiger partial charge in [-0.3, -0.25) is 10.8 Å². The molecule has 0 saturated carbocycles. The summed E-state index contributed by atoms with van der Waals surface area (Å²) in [6, 6.07) is 22.4. The lowest BCUT2D eigenvalue weighted by Crippen LogP contribution is -2.39. The topological polar surface area (TPSA) is 74.8 Å². The highest BCUT2D eigenvalue weighted by molar-refractivity contribution is 6.16. The predicted molar refractivity (Wildman–Crippen MR) is 106 cm³/mol. The first-order valence-corrected chi connectivity index (χ1v) is 8.67. The molecule has 2 amide bonds. The molecule has 7 heteroatoms. The van der Waals surface area contributed by atoms with Crippen molar-refractivity contribution in [3.05, 3.63) is 95.8 Å². The Morgan fingerprint density at radius 2 is 1.68 bits per heavy atom. The quantitative estimate of drug-likeness (QED) is 0.644. The van der Waals surface area contributed by atoms with Crippen LogP contribution in [0.3, 0.4) is 0 Å². The number of hydrogen-bond donors (Lipinski definition) is 3. The number of para-hydroxylation sites is 2. The Kier molecular flexibility index (Phi) is 4.99. The molecule has 0 saturated heterocycles. The molecule has 0 radical (unpaired) electrons. The van der Waals surface area contributed by atoms with Gasteiger partial charge in [-0.05, 0) is 18.2 Å². The molecular weight excluding hydrogens is 359 g/mol. The average molecular weight is 376 g/mol. The third kappa shape index (κ3) is 3.84. The van der Waals surface area contributed by atoms with E-state index >= 15 is 0 Å². The number of rotatable bonds is 3. The summed E-state index contributed by atoms with van der Waals surface area (Å²) in [5, 5.41) is 5.03. The maximum absolute atomic E-state index is 13.7. The van der Waals surface area contributed by atoms with E-state index in [0.717, 1.165) is 16.8 Å². The number of nitrogens with one attached hydrogen (secondary N) is 3. The second-order valence-corrected chi connectivity index (χ2v) is 6.04. The van der Waals surface area contributed by atoms with Gasteiger partial charge in [-0.25, -0.2) is 19.0 Å². The van der Waals surface area contributed by atoms with Crippen LogP contribution < -0.4 is 16.1 Å². The van der Waals surface area contributed by atoms with Crippen LogP contribution in [0.5, 0.6) is 0 Å². The van der Waals surface area contributed by atoms with Crippen molar-refractivity contribution in [1.29, 1.82) is 0 Å². The van der Waals surface area contributed by atoms with E-state index < -0.39 is 18.2 Å². The summed E-state index contributed by atoms with van der Waals surface area (Å²) in [5.41, 5.74) is 6.00. The van der Waals surface area contributed by atoms with Crippen molar-refractivity contribution in [3.8, 4) is 0 Å². The fourth-order valence-corrected chi connectivity index (χ4v) is 2.83. The number of carbonyl (C=O) groups is 1. The molecule has 28 heavy (non-hydrogen) atoms. The summed E-state index contributed by atoms with van der Waals surface area (Å²) in [4.78, 5) is 22.4. The van der Waals surface area contributed by atoms with Crippen molar-refractivity contribution in [2.45, 2.75) is 6.35 Å². The Hall–Kier alpha value is -3.71. The first-order valence-electron chi connectivity index (χ1n) is 8.67. The first-order chi connectivity index (χ1) is 13.7. The molecule has 0 aromatic heterocycles. The van der Waals surface area contributed by atoms with Gasteiger partial charge >= 0.3 is 6.03 Å².